The molecule has 0 saturated carbocycles. The summed E-state index contributed by atoms with van der Waals surface area (Å²) >= 11 is 1.94. The molecule has 3 unspecified atom stereocenters. The second kappa shape index (κ2) is 9.43. The Balaban J connectivity index is 0.000000408. The molecule has 3 aliphatic heterocycles. The van der Waals surface area contributed by atoms with Crippen molar-refractivity contribution in [3.05, 3.63) is 65.2 Å². The fraction of sp³-hybridized carbons (Fsp3) is 0.423. The number of ether oxygens (including phenoxy) is 1. The Hall–Kier alpha value is -2.84. The van der Waals surface area contributed by atoms with E-state index in [0.717, 1.165) is 36.2 Å². The van der Waals surface area contributed by atoms with Crippen LogP contribution in [0.3, 0.4) is 0 Å². The molecule has 2 aromatic rings. The number of hydrogen-bond acceptors (Lipinski definition) is 5. The molecule has 2 saturated heterocycles. The number of quaternary nitrogens is 1. The van der Waals surface area contributed by atoms with Crippen LogP contribution in [0.5, 0.6) is 0 Å². The molecule has 2 fully saturated rings. The topological polar surface area (TPSA) is 101 Å². The average Bonchev–Trinajstić information content (AvgIpc) is 3.51. The quantitative estimate of drug-likeness (QED) is 0.295. The van der Waals surface area contributed by atoms with Crippen LogP contribution in [0.15, 0.2) is 53.4 Å². The molecule has 3 aliphatic rings. The molecule has 34 heavy (non-hydrogen) atoms. The summed E-state index contributed by atoms with van der Waals surface area (Å²) in [6.07, 6.45) is 2.04. The number of benzene rings is 2. The Bertz CT molecular complexity index is 1060. The molecule has 8 heteroatoms. The lowest BCUT2D eigenvalue weighted by molar-refractivity contribution is -0.846. The van der Waals surface area contributed by atoms with Crippen molar-refractivity contribution in [2.45, 2.75) is 48.9 Å². The number of carboxylic acids is 2. The van der Waals surface area contributed by atoms with Gasteiger partial charge in [0.25, 0.3) is 0 Å². The first-order valence-corrected chi connectivity index (χ1v) is 12.6. The number of carbonyl (C=O) groups is 3. The number of nitrogens with zero attached hydrogens (tertiary/aromatic N) is 1. The normalized spacial score (nSPS) is 28.2. The molecule has 0 aliphatic carbocycles. The number of piperidine rings is 1. The molecule has 0 bridgehead atoms. The van der Waals surface area contributed by atoms with Gasteiger partial charge in [-0.1, -0.05) is 42.5 Å². The van der Waals surface area contributed by atoms with Gasteiger partial charge < -0.3 is 14.9 Å². The van der Waals surface area contributed by atoms with Crippen LogP contribution in [0.2, 0.25) is 0 Å². The van der Waals surface area contributed by atoms with Crippen molar-refractivity contribution in [3.63, 3.8) is 0 Å². The van der Waals surface area contributed by atoms with Crippen molar-refractivity contribution < 1.29 is 33.8 Å². The summed E-state index contributed by atoms with van der Waals surface area (Å²) in [5.41, 5.74) is 4.18. The minimum absolute atomic E-state index is 0.00638. The smallest absolute Gasteiger partial charge is 0.414 e. The number of rotatable bonds is 3. The molecule has 4 atom stereocenters. The molecule has 2 aromatic carbocycles. The zero-order valence-corrected chi connectivity index (χ0v) is 20.2. The first kappa shape index (κ1) is 24.3. The van der Waals surface area contributed by atoms with E-state index in [1.54, 1.807) is 0 Å². The summed E-state index contributed by atoms with van der Waals surface area (Å²) in [5, 5.41) is 14.8. The monoisotopic (exact) mass is 484 g/mol. The molecule has 5 rings (SSSR count). The number of likely N-dealkylation sites (N-methyl/N-ethyl adjacent to an activating group) is 1. The highest BCUT2D eigenvalue weighted by Crippen LogP contribution is 2.69. The minimum Gasteiger partial charge on any atom is -0.473 e. The molecule has 0 amide bonds. The van der Waals surface area contributed by atoms with E-state index < -0.39 is 11.9 Å². The molecular formula is C26H30NO6S+. The van der Waals surface area contributed by atoms with Gasteiger partial charge in [-0.15, -0.1) is 11.8 Å². The molecule has 0 aromatic heterocycles. The highest BCUT2D eigenvalue weighted by molar-refractivity contribution is 7.98. The number of hydrogen-bond donors (Lipinski definition) is 2. The maximum absolute atomic E-state index is 13.0. The van der Waals surface area contributed by atoms with Crippen molar-refractivity contribution in [1.29, 1.82) is 0 Å². The third-order valence-electron chi connectivity index (χ3n) is 7.49. The van der Waals surface area contributed by atoms with Gasteiger partial charge >= 0.3 is 17.9 Å². The third kappa shape index (κ3) is 3.60. The highest BCUT2D eigenvalue weighted by atomic mass is 32.2. The fourth-order valence-corrected chi connectivity index (χ4v) is 7.50. The van der Waals surface area contributed by atoms with E-state index in [4.69, 9.17) is 24.5 Å². The van der Waals surface area contributed by atoms with Crippen LogP contribution in [0.1, 0.15) is 43.4 Å². The van der Waals surface area contributed by atoms with Crippen molar-refractivity contribution in [2.75, 3.05) is 19.7 Å². The number of carbonyl (C=O) groups excluding carboxylic acids is 1. The highest BCUT2D eigenvalue weighted by Gasteiger charge is 2.84. The number of fused-ring (bicyclic) bond motifs is 7. The molecule has 180 valence electrons. The number of aliphatic carboxylic acids is 2. The number of carboxylic acid groups (broad SMARTS) is 2. The zero-order chi connectivity index (χ0) is 24.5. The Kier molecular flexibility index (Phi) is 6.73. The van der Waals surface area contributed by atoms with E-state index in [1.165, 1.54) is 21.6 Å². The maximum atomic E-state index is 13.0. The van der Waals surface area contributed by atoms with Gasteiger partial charge in [-0.25, -0.2) is 9.59 Å². The van der Waals surface area contributed by atoms with E-state index in [1.807, 2.05) is 18.7 Å². The predicted molar refractivity (Wildman–Crippen MR) is 127 cm³/mol. The van der Waals surface area contributed by atoms with Gasteiger partial charge in [-0.3, -0.25) is 9.28 Å². The number of esters is 1. The SMILES string of the molecule is CCOC(=O)C1CCC[N+]2(CC)C1[C@]21c2ccccc2CSc2ccccc21.O=C(O)C(=O)O. The predicted octanol–water partition coefficient (Wildman–Crippen LogP) is 3.88. The van der Waals surface area contributed by atoms with Gasteiger partial charge in [0.05, 0.1) is 19.7 Å². The summed E-state index contributed by atoms with van der Waals surface area (Å²) in [6.45, 7) is 6.87. The van der Waals surface area contributed by atoms with Gasteiger partial charge in [0.15, 0.2) is 6.04 Å². The largest absolute Gasteiger partial charge is 0.473 e. The molecule has 7 nitrogen and oxygen atoms in total. The second-order valence-corrected chi connectivity index (χ2v) is 9.86. The van der Waals surface area contributed by atoms with E-state index in [0.29, 0.717) is 6.61 Å². The Labute approximate surface area is 203 Å². The van der Waals surface area contributed by atoms with Gasteiger partial charge in [-0.2, -0.15) is 0 Å². The Morgan fingerprint density at radius 2 is 1.68 bits per heavy atom. The van der Waals surface area contributed by atoms with Crippen molar-refractivity contribution in [2.24, 2.45) is 5.92 Å². The van der Waals surface area contributed by atoms with Crippen LogP contribution in [0, 0.1) is 5.92 Å². The Morgan fingerprint density at radius 1 is 1.03 bits per heavy atom. The van der Waals surface area contributed by atoms with E-state index >= 15 is 0 Å². The van der Waals surface area contributed by atoms with Crippen LogP contribution in [-0.2, 0) is 30.4 Å². The molecule has 3 heterocycles. The number of thioether (sulfide) groups is 1. The third-order valence-corrected chi connectivity index (χ3v) is 8.62. The summed E-state index contributed by atoms with van der Waals surface area (Å²) in [5.74, 6) is -2.66. The molecule has 2 N–H and O–H groups in total. The molecule has 1 spiro atoms. The van der Waals surface area contributed by atoms with E-state index in [-0.39, 0.29) is 23.5 Å². The first-order chi connectivity index (χ1) is 16.3. The van der Waals surface area contributed by atoms with Crippen molar-refractivity contribution >= 4 is 29.7 Å². The summed E-state index contributed by atoms with van der Waals surface area (Å²) < 4.78 is 6.56. The van der Waals surface area contributed by atoms with Gasteiger partial charge in [0, 0.05) is 21.8 Å². The first-order valence-electron chi connectivity index (χ1n) is 11.7. The van der Waals surface area contributed by atoms with E-state index in [9.17, 15) is 4.79 Å². The average molecular weight is 485 g/mol. The minimum atomic E-state index is -1.82. The second-order valence-electron chi connectivity index (χ2n) is 8.84. The van der Waals surface area contributed by atoms with Crippen LogP contribution in [0.4, 0.5) is 0 Å². The van der Waals surface area contributed by atoms with Crippen LogP contribution in [0.25, 0.3) is 0 Å². The molecular weight excluding hydrogens is 454 g/mol. The standard InChI is InChI=1S/C24H28NO2S.C2H2O4/c1-3-25-15-9-11-18(23(26)27-4-2)22(25)24(25)19-12-6-5-10-17(19)16-28-21-14-8-7-13-20(21)24;3-1(4)2(5)6/h5-8,10,12-14,18,22H,3-4,9,11,15-16H2,1-2H3;(H,3,4)(H,5,6)/q+1;/t18?,22?,24-,25?;/m1./s1. The maximum Gasteiger partial charge on any atom is 0.414 e. The van der Waals surface area contributed by atoms with Gasteiger partial charge in [0.1, 0.15) is 5.92 Å². The van der Waals surface area contributed by atoms with Crippen molar-refractivity contribution in [3.8, 4) is 0 Å². The lowest BCUT2D eigenvalue weighted by Gasteiger charge is -2.30. The van der Waals surface area contributed by atoms with Crippen LogP contribution in [-0.4, -0.2) is 58.3 Å². The lowest BCUT2D eigenvalue weighted by atomic mass is 9.80. The van der Waals surface area contributed by atoms with E-state index in [2.05, 4.69) is 55.5 Å². The summed E-state index contributed by atoms with van der Waals surface area (Å²) in [6, 6.07) is 18.1. The Morgan fingerprint density at radius 3 is 2.32 bits per heavy atom. The van der Waals surface area contributed by atoms with Crippen LogP contribution < -0.4 is 0 Å². The van der Waals surface area contributed by atoms with Crippen LogP contribution >= 0.6 is 11.8 Å². The fourth-order valence-electron chi connectivity index (χ4n) is 6.38. The van der Waals surface area contributed by atoms with Gasteiger partial charge in [-0.05, 0) is 38.3 Å². The summed E-state index contributed by atoms with van der Waals surface area (Å²) in [4.78, 5) is 32.6. The molecule has 0 radical (unpaired) electrons. The van der Waals surface area contributed by atoms with Gasteiger partial charge in [0.2, 0.25) is 5.54 Å². The summed E-state index contributed by atoms with van der Waals surface area (Å²) in [7, 11) is 0. The zero-order valence-electron chi connectivity index (χ0n) is 19.4. The lowest BCUT2D eigenvalue weighted by Crippen LogP contribution is -2.41. The van der Waals surface area contributed by atoms with Crippen molar-refractivity contribution in [1.82, 2.24) is 0 Å².